The predicted octanol–water partition coefficient (Wildman–Crippen LogP) is 2.18. The Morgan fingerprint density at radius 1 is 1.14 bits per heavy atom. The number of rotatable bonds is 9. The van der Waals surface area contributed by atoms with Gasteiger partial charge >= 0.3 is 5.97 Å². The van der Waals surface area contributed by atoms with Gasteiger partial charge in [-0.2, -0.15) is 0 Å². The number of hydrogen-bond acceptors (Lipinski definition) is 4. The van der Waals surface area contributed by atoms with Crippen LogP contribution in [-0.2, 0) is 32.6 Å². The van der Waals surface area contributed by atoms with Gasteiger partial charge in [-0.05, 0) is 24.0 Å². The second kappa shape index (κ2) is 10.1. The Bertz CT molecular complexity index is 872. The summed E-state index contributed by atoms with van der Waals surface area (Å²) in [5.74, 6) is -1.32. The summed E-state index contributed by atoms with van der Waals surface area (Å²) < 4.78 is 6.74. The van der Waals surface area contributed by atoms with Crippen molar-refractivity contribution in [2.24, 2.45) is 18.9 Å². The van der Waals surface area contributed by atoms with E-state index in [0.29, 0.717) is 12.8 Å². The molecule has 0 saturated carbocycles. The van der Waals surface area contributed by atoms with Crippen molar-refractivity contribution in [2.45, 2.75) is 39.2 Å². The summed E-state index contributed by atoms with van der Waals surface area (Å²) in [7, 11) is 4.81. The number of aryl methyl sites for hydroxylation is 1. The Morgan fingerprint density at radius 2 is 1.83 bits per heavy atom. The van der Waals surface area contributed by atoms with E-state index in [9.17, 15) is 14.4 Å². The number of esters is 1. The molecule has 0 aliphatic carbocycles. The third-order valence-electron chi connectivity index (χ3n) is 5.05. The summed E-state index contributed by atoms with van der Waals surface area (Å²) in [6.45, 7) is 3.98. The lowest BCUT2D eigenvalue weighted by Crippen LogP contribution is -2.49. The number of carbonyl (C=O) groups is 3. The van der Waals surface area contributed by atoms with E-state index < -0.39 is 17.9 Å². The minimum atomic E-state index is -0.731. The predicted molar refractivity (Wildman–Crippen MR) is 112 cm³/mol. The summed E-state index contributed by atoms with van der Waals surface area (Å²) in [6, 6.07) is 7.21. The maximum atomic E-state index is 12.9. The van der Waals surface area contributed by atoms with E-state index in [1.54, 1.807) is 7.05 Å². The number of fused-ring (bicyclic) bond motifs is 1. The molecule has 0 bridgehead atoms. The number of amides is 2. The number of nitrogens with zero attached hydrogens (tertiary/aromatic N) is 1. The number of para-hydroxylation sites is 1. The van der Waals surface area contributed by atoms with Gasteiger partial charge < -0.3 is 19.9 Å². The van der Waals surface area contributed by atoms with Crippen LogP contribution in [-0.4, -0.2) is 42.6 Å². The van der Waals surface area contributed by atoms with Gasteiger partial charge in [0.2, 0.25) is 11.8 Å². The highest BCUT2D eigenvalue weighted by Gasteiger charge is 2.28. The molecule has 1 aromatic carbocycles. The fourth-order valence-corrected chi connectivity index (χ4v) is 3.62. The van der Waals surface area contributed by atoms with Crippen molar-refractivity contribution in [1.82, 2.24) is 15.2 Å². The van der Waals surface area contributed by atoms with Crippen LogP contribution < -0.4 is 10.6 Å². The molecule has 7 nitrogen and oxygen atoms in total. The first kappa shape index (κ1) is 22.5. The van der Waals surface area contributed by atoms with Crippen LogP contribution >= 0.6 is 0 Å². The normalized spacial score (nSPS) is 13.2. The van der Waals surface area contributed by atoms with E-state index in [1.807, 2.05) is 55.9 Å². The Labute approximate surface area is 171 Å². The lowest BCUT2D eigenvalue weighted by atomic mass is 9.92. The average molecular weight is 402 g/mol. The highest BCUT2D eigenvalue weighted by Crippen LogP contribution is 2.22. The van der Waals surface area contributed by atoms with Crippen LogP contribution in [0.1, 0.15) is 32.3 Å². The number of aromatic nitrogens is 1. The van der Waals surface area contributed by atoms with Gasteiger partial charge in [0.25, 0.3) is 0 Å². The number of nitrogens with one attached hydrogen (secondary N) is 2. The number of methoxy groups -OCH3 is 1. The minimum Gasteiger partial charge on any atom is -0.469 e. The molecule has 2 rings (SSSR count). The Balaban J connectivity index is 2.23. The smallest absolute Gasteiger partial charge is 0.306 e. The van der Waals surface area contributed by atoms with E-state index >= 15 is 0 Å². The van der Waals surface area contributed by atoms with Crippen LogP contribution in [0.2, 0.25) is 0 Å². The molecule has 1 heterocycles. The summed E-state index contributed by atoms with van der Waals surface area (Å²) in [6.07, 6.45) is 2.87. The molecule has 29 heavy (non-hydrogen) atoms. The maximum absolute atomic E-state index is 12.9. The summed E-state index contributed by atoms with van der Waals surface area (Å²) in [5.41, 5.74) is 2.04. The molecular formula is C22H31N3O4. The summed E-state index contributed by atoms with van der Waals surface area (Å²) in [5, 5.41) is 6.53. The molecule has 2 aromatic rings. The highest BCUT2D eigenvalue weighted by atomic mass is 16.5. The monoisotopic (exact) mass is 401 g/mol. The maximum Gasteiger partial charge on any atom is 0.306 e. The fourth-order valence-electron chi connectivity index (χ4n) is 3.62. The van der Waals surface area contributed by atoms with Crippen molar-refractivity contribution in [3.63, 3.8) is 0 Å². The number of benzene rings is 1. The lowest BCUT2D eigenvalue weighted by molar-refractivity contribution is -0.144. The molecule has 7 heteroatoms. The van der Waals surface area contributed by atoms with Gasteiger partial charge in [-0.25, -0.2) is 0 Å². The average Bonchev–Trinajstić information content (AvgIpc) is 3.01. The number of hydrogen-bond donors (Lipinski definition) is 2. The van der Waals surface area contributed by atoms with Gasteiger partial charge in [-0.3, -0.25) is 14.4 Å². The van der Waals surface area contributed by atoms with E-state index in [4.69, 9.17) is 4.74 Å². The standard InChI is InChI=1S/C22H31N3O4/c1-14(2)10-15(12-20(26)29-5)21(27)24-18(22(28)23-3)11-16-13-25(4)19-9-7-6-8-17(16)19/h6-9,13-15,18H,10-12H2,1-5H3,(H,23,28)(H,24,27)/t15-,18-/m1/s1. The SMILES string of the molecule is CNC(=O)[C@@H](Cc1cn(C)c2ccccc12)NC(=O)[C@@H](CC(=O)OC)CC(C)C. The van der Waals surface area contributed by atoms with Crippen molar-refractivity contribution in [1.29, 1.82) is 0 Å². The first-order chi connectivity index (χ1) is 13.8. The van der Waals surface area contributed by atoms with Gasteiger partial charge in [0.05, 0.1) is 13.5 Å². The zero-order chi connectivity index (χ0) is 21.6. The number of likely N-dealkylation sites (N-methyl/N-ethyl adjacent to an activating group) is 1. The summed E-state index contributed by atoms with van der Waals surface area (Å²) in [4.78, 5) is 37.1. The number of carbonyl (C=O) groups excluding carboxylic acids is 3. The highest BCUT2D eigenvalue weighted by molar-refractivity contribution is 5.91. The van der Waals surface area contributed by atoms with E-state index in [2.05, 4.69) is 10.6 Å². The van der Waals surface area contributed by atoms with Crippen molar-refractivity contribution in [3.05, 3.63) is 36.0 Å². The van der Waals surface area contributed by atoms with E-state index in [1.165, 1.54) is 7.11 Å². The third-order valence-corrected chi connectivity index (χ3v) is 5.05. The molecule has 0 spiro atoms. The van der Waals surface area contributed by atoms with Crippen molar-refractivity contribution < 1.29 is 19.1 Å². The second-order valence-electron chi connectivity index (χ2n) is 7.77. The Kier molecular flexibility index (Phi) is 7.82. The van der Waals surface area contributed by atoms with Crippen molar-refractivity contribution in [3.8, 4) is 0 Å². The van der Waals surface area contributed by atoms with Gasteiger partial charge in [-0.1, -0.05) is 32.0 Å². The topological polar surface area (TPSA) is 89.4 Å². The van der Waals surface area contributed by atoms with Crippen LogP contribution in [0.3, 0.4) is 0 Å². The Hall–Kier alpha value is -2.83. The van der Waals surface area contributed by atoms with Gasteiger partial charge in [-0.15, -0.1) is 0 Å². The molecule has 2 amide bonds. The van der Waals surface area contributed by atoms with Gasteiger partial charge in [0.1, 0.15) is 6.04 Å². The molecule has 2 atom stereocenters. The fraction of sp³-hybridized carbons (Fsp3) is 0.500. The van der Waals surface area contributed by atoms with Crippen molar-refractivity contribution >= 4 is 28.7 Å². The minimum absolute atomic E-state index is 0.00472. The molecule has 0 aliphatic rings. The largest absolute Gasteiger partial charge is 0.469 e. The molecule has 2 N–H and O–H groups in total. The first-order valence-corrected chi connectivity index (χ1v) is 9.88. The number of ether oxygens (including phenoxy) is 1. The molecule has 0 aliphatic heterocycles. The molecule has 0 unspecified atom stereocenters. The quantitative estimate of drug-likeness (QED) is 0.630. The zero-order valence-electron chi connectivity index (χ0n) is 17.8. The molecular weight excluding hydrogens is 370 g/mol. The van der Waals surface area contributed by atoms with Crippen LogP contribution in [0.4, 0.5) is 0 Å². The first-order valence-electron chi connectivity index (χ1n) is 9.88. The van der Waals surface area contributed by atoms with Crippen LogP contribution in [0.15, 0.2) is 30.5 Å². The van der Waals surface area contributed by atoms with Gasteiger partial charge in [0, 0.05) is 43.5 Å². The van der Waals surface area contributed by atoms with E-state index in [0.717, 1.165) is 16.5 Å². The molecule has 0 radical (unpaired) electrons. The Morgan fingerprint density at radius 3 is 2.45 bits per heavy atom. The molecule has 1 aromatic heterocycles. The molecule has 158 valence electrons. The third kappa shape index (κ3) is 5.82. The van der Waals surface area contributed by atoms with Gasteiger partial charge in [0.15, 0.2) is 0 Å². The van der Waals surface area contributed by atoms with Crippen LogP contribution in [0.25, 0.3) is 10.9 Å². The lowest BCUT2D eigenvalue weighted by Gasteiger charge is -2.22. The van der Waals surface area contributed by atoms with E-state index in [-0.39, 0.29) is 24.2 Å². The second-order valence-corrected chi connectivity index (χ2v) is 7.77. The molecule has 0 saturated heterocycles. The van der Waals surface area contributed by atoms with Crippen LogP contribution in [0, 0.1) is 11.8 Å². The zero-order valence-corrected chi connectivity index (χ0v) is 17.8. The molecule has 0 fully saturated rings. The van der Waals surface area contributed by atoms with Crippen molar-refractivity contribution in [2.75, 3.05) is 14.2 Å². The summed E-state index contributed by atoms with van der Waals surface area (Å²) >= 11 is 0. The van der Waals surface area contributed by atoms with Crippen LogP contribution in [0.5, 0.6) is 0 Å².